The molecule has 160 valence electrons. The molecule has 1 unspecified atom stereocenters. The molecule has 3 amide bonds. The van der Waals surface area contributed by atoms with E-state index in [-0.39, 0.29) is 11.9 Å². The number of hydrogen-bond acceptors (Lipinski definition) is 3. The Labute approximate surface area is 174 Å². The summed E-state index contributed by atoms with van der Waals surface area (Å²) in [5, 5.41) is 6.08. The zero-order valence-corrected chi connectivity index (χ0v) is 17.8. The number of nitrogens with one attached hydrogen (secondary N) is 2. The van der Waals surface area contributed by atoms with Gasteiger partial charge in [-0.15, -0.1) is 0 Å². The number of ether oxygens (including phenoxy) is 1. The van der Waals surface area contributed by atoms with Gasteiger partial charge in [-0.25, -0.2) is 4.79 Å². The summed E-state index contributed by atoms with van der Waals surface area (Å²) in [7, 11) is 1.67. The molecule has 1 aliphatic carbocycles. The predicted octanol–water partition coefficient (Wildman–Crippen LogP) is 4.09. The van der Waals surface area contributed by atoms with Gasteiger partial charge in [-0.1, -0.05) is 37.8 Å². The zero-order valence-electron chi connectivity index (χ0n) is 17.8. The maximum atomic E-state index is 12.7. The first kappa shape index (κ1) is 21.6. The molecular weight excluding hydrogens is 366 g/mol. The summed E-state index contributed by atoms with van der Waals surface area (Å²) in [6.45, 7) is 3.79. The molecule has 2 N–H and O–H groups in total. The van der Waals surface area contributed by atoms with E-state index in [2.05, 4.69) is 10.6 Å². The number of carbonyl (C=O) groups excluding carboxylic acids is 2. The minimum Gasteiger partial charge on any atom is -0.385 e. The van der Waals surface area contributed by atoms with E-state index in [1.54, 1.807) is 7.11 Å². The van der Waals surface area contributed by atoms with E-state index in [9.17, 15) is 9.59 Å². The van der Waals surface area contributed by atoms with Gasteiger partial charge >= 0.3 is 6.03 Å². The fraction of sp³-hybridized carbons (Fsp3) is 0.652. The fourth-order valence-electron chi connectivity index (χ4n) is 4.66. The number of amides is 3. The van der Waals surface area contributed by atoms with Gasteiger partial charge in [0.25, 0.3) is 0 Å². The topological polar surface area (TPSA) is 70.7 Å². The Hall–Kier alpha value is -2.08. The van der Waals surface area contributed by atoms with E-state index >= 15 is 0 Å². The molecule has 1 aliphatic heterocycles. The monoisotopic (exact) mass is 401 g/mol. The lowest BCUT2D eigenvalue weighted by atomic mass is 9.94. The van der Waals surface area contributed by atoms with Crippen LogP contribution in [0.2, 0.25) is 0 Å². The molecule has 0 bridgehead atoms. The van der Waals surface area contributed by atoms with E-state index in [0.29, 0.717) is 32.5 Å². The molecule has 3 rings (SSSR count). The van der Waals surface area contributed by atoms with Crippen molar-refractivity contribution in [3.63, 3.8) is 0 Å². The third-order valence-electron chi connectivity index (χ3n) is 6.39. The fourth-order valence-corrected chi connectivity index (χ4v) is 4.66. The molecule has 1 atom stereocenters. The van der Waals surface area contributed by atoms with Crippen molar-refractivity contribution in [2.75, 3.05) is 32.1 Å². The van der Waals surface area contributed by atoms with Crippen LogP contribution in [0.4, 0.5) is 10.5 Å². The van der Waals surface area contributed by atoms with E-state index < -0.39 is 5.54 Å². The van der Waals surface area contributed by atoms with E-state index in [0.717, 1.165) is 30.0 Å². The minimum absolute atomic E-state index is 0.220. The minimum atomic E-state index is -0.438. The quantitative estimate of drug-likeness (QED) is 0.689. The smallest absolute Gasteiger partial charge is 0.319 e. The normalized spacial score (nSPS) is 22.1. The lowest BCUT2D eigenvalue weighted by Crippen LogP contribution is -2.53. The lowest BCUT2D eigenvalue weighted by molar-refractivity contribution is -0.130. The number of benzene rings is 1. The van der Waals surface area contributed by atoms with E-state index in [4.69, 9.17) is 4.74 Å². The molecule has 1 saturated carbocycles. The summed E-state index contributed by atoms with van der Waals surface area (Å²) >= 11 is 0. The number of likely N-dealkylation sites (tertiary alicyclic amines) is 1. The van der Waals surface area contributed by atoms with Crippen LogP contribution in [0, 0.1) is 12.8 Å². The van der Waals surface area contributed by atoms with Crippen molar-refractivity contribution >= 4 is 17.6 Å². The lowest BCUT2D eigenvalue weighted by Gasteiger charge is -2.30. The van der Waals surface area contributed by atoms with Crippen molar-refractivity contribution in [2.24, 2.45) is 5.92 Å². The largest absolute Gasteiger partial charge is 0.385 e. The average molecular weight is 402 g/mol. The van der Waals surface area contributed by atoms with Gasteiger partial charge in [0.05, 0.1) is 5.54 Å². The maximum Gasteiger partial charge on any atom is 0.319 e. The molecule has 2 fully saturated rings. The highest BCUT2D eigenvalue weighted by Gasteiger charge is 2.40. The number of aryl methyl sites for hydroxylation is 1. The molecule has 1 heterocycles. The van der Waals surface area contributed by atoms with Gasteiger partial charge in [-0.05, 0) is 49.8 Å². The van der Waals surface area contributed by atoms with Crippen LogP contribution in [0.1, 0.15) is 56.9 Å². The number of methoxy groups -OCH3 is 1. The molecule has 6 heteroatoms. The predicted molar refractivity (Wildman–Crippen MR) is 115 cm³/mol. The van der Waals surface area contributed by atoms with Gasteiger partial charge in [0.2, 0.25) is 5.91 Å². The van der Waals surface area contributed by atoms with Crippen LogP contribution in [0.5, 0.6) is 0 Å². The Kier molecular flexibility index (Phi) is 7.53. The van der Waals surface area contributed by atoms with Crippen LogP contribution >= 0.6 is 0 Å². The molecule has 0 spiro atoms. The van der Waals surface area contributed by atoms with Gasteiger partial charge in [0.1, 0.15) is 0 Å². The highest BCUT2D eigenvalue weighted by Crippen LogP contribution is 2.30. The Morgan fingerprint density at radius 1 is 1.28 bits per heavy atom. The Morgan fingerprint density at radius 3 is 2.79 bits per heavy atom. The standard InChI is InChI=1S/C23H35N3O3/c1-18-6-5-9-20(16-18)24-22(28)25-23(13-15-29-2)12-14-26(17-23)21(27)11-10-19-7-3-4-8-19/h5-6,9,16,19H,3-4,7-8,10-15,17H2,1-2H3,(H2,24,25,28). The van der Waals surface area contributed by atoms with Gasteiger partial charge in [-0.2, -0.15) is 0 Å². The van der Waals surface area contributed by atoms with Crippen molar-refractivity contribution in [1.82, 2.24) is 10.2 Å². The van der Waals surface area contributed by atoms with Crippen LogP contribution in [-0.2, 0) is 9.53 Å². The van der Waals surface area contributed by atoms with Crippen molar-refractivity contribution in [1.29, 1.82) is 0 Å². The number of carbonyl (C=O) groups is 2. The number of urea groups is 1. The van der Waals surface area contributed by atoms with Crippen LogP contribution < -0.4 is 10.6 Å². The first-order valence-electron chi connectivity index (χ1n) is 10.9. The molecule has 1 aromatic rings. The van der Waals surface area contributed by atoms with Crippen molar-refractivity contribution in [2.45, 2.75) is 63.8 Å². The van der Waals surface area contributed by atoms with Gasteiger partial charge in [0.15, 0.2) is 0 Å². The van der Waals surface area contributed by atoms with Crippen molar-refractivity contribution in [3.05, 3.63) is 29.8 Å². The second-order valence-electron chi connectivity index (χ2n) is 8.73. The Balaban J connectivity index is 1.56. The summed E-state index contributed by atoms with van der Waals surface area (Å²) in [5.41, 5.74) is 1.43. The third kappa shape index (κ3) is 6.20. The van der Waals surface area contributed by atoms with Gasteiger partial charge in [-0.3, -0.25) is 4.79 Å². The Bertz CT molecular complexity index is 702. The van der Waals surface area contributed by atoms with Gasteiger partial charge < -0.3 is 20.3 Å². The SMILES string of the molecule is COCCC1(NC(=O)Nc2cccc(C)c2)CCN(C(=O)CCC2CCCC2)C1. The summed E-state index contributed by atoms with van der Waals surface area (Å²) in [4.78, 5) is 27.3. The molecule has 1 aromatic carbocycles. The number of anilines is 1. The summed E-state index contributed by atoms with van der Waals surface area (Å²) in [6.07, 6.45) is 8.23. The van der Waals surface area contributed by atoms with Crippen LogP contribution in [0.25, 0.3) is 0 Å². The summed E-state index contributed by atoms with van der Waals surface area (Å²) in [5.74, 6) is 0.940. The maximum absolute atomic E-state index is 12.7. The highest BCUT2D eigenvalue weighted by molar-refractivity contribution is 5.90. The molecule has 6 nitrogen and oxygen atoms in total. The summed E-state index contributed by atoms with van der Waals surface area (Å²) < 4.78 is 5.28. The van der Waals surface area contributed by atoms with Crippen LogP contribution in [0.3, 0.4) is 0 Å². The van der Waals surface area contributed by atoms with Crippen molar-refractivity contribution in [3.8, 4) is 0 Å². The summed E-state index contributed by atoms with van der Waals surface area (Å²) in [6, 6.07) is 7.50. The number of rotatable bonds is 8. The Morgan fingerprint density at radius 2 is 2.07 bits per heavy atom. The third-order valence-corrected chi connectivity index (χ3v) is 6.39. The van der Waals surface area contributed by atoms with Crippen LogP contribution in [0.15, 0.2) is 24.3 Å². The zero-order chi connectivity index (χ0) is 20.7. The molecule has 29 heavy (non-hydrogen) atoms. The second kappa shape index (κ2) is 10.1. The van der Waals surface area contributed by atoms with Crippen molar-refractivity contribution < 1.29 is 14.3 Å². The number of hydrogen-bond donors (Lipinski definition) is 2. The van der Waals surface area contributed by atoms with E-state index in [1.165, 1.54) is 25.7 Å². The molecule has 1 saturated heterocycles. The highest BCUT2D eigenvalue weighted by atomic mass is 16.5. The number of nitrogens with zero attached hydrogens (tertiary/aromatic N) is 1. The van der Waals surface area contributed by atoms with Crippen LogP contribution in [-0.4, -0.2) is 49.2 Å². The molecule has 0 radical (unpaired) electrons. The first-order valence-corrected chi connectivity index (χ1v) is 10.9. The van der Waals surface area contributed by atoms with Gasteiger partial charge in [0, 0.05) is 38.9 Å². The molecule has 2 aliphatic rings. The first-order chi connectivity index (χ1) is 14.0. The average Bonchev–Trinajstić information content (AvgIpc) is 3.35. The second-order valence-corrected chi connectivity index (χ2v) is 8.73. The molecule has 0 aromatic heterocycles. The van der Waals surface area contributed by atoms with E-state index in [1.807, 2.05) is 36.1 Å². The molecular formula is C23H35N3O3.